The molecular formula is C16H22FN3O. The van der Waals surface area contributed by atoms with Gasteiger partial charge in [-0.25, -0.2) is 9.18 Å². The van der Waals surface area contributed by atoms with Crippen molar-refractivity contribution in [2.24, 2.45) is 5.92 Å². The maximum absolute atomic E-state index is 13.7. The van der Waals surface area contributed by atoms with E-state index in [0.29, 0.717) is 37.8 Å². The second-order valence-corrected chi connectivity index (χ2v) is 5.48. The topological polar surface area (TPSA) is 35.6 Å². The first-order valence-electron chi connectivity index (χ1n) is 7.29. The van der Waals surface area contributed by atoms with Crippen LogP contribution in [0, 0.1) is 11.7 Å². The number of nitrogens with one attached hydrogen (secondary N) is 1. The van der Waals surface area contributed by atoms with Gasteiger partial charge in [0.2, 0.25) is 0 Å². The van der Waals surface area contributed by atoms with Gasteiger partial charge in [-0.1, -0.05) is 32.1 Å². The molecule has 0 atom stereocenters. The van der Waals surface area contributed by atoms with E-state index in [0.717, 1.165) is 0 Å². The summed E-state index contributed by atoms with van der Waals surface area (Å²) in [6.07, 6.45) is 3.63. The number of carbonyl (C=O) groups excluding carboxylic acids is 1. The number of rotatable bonds is 3. The average molecular weight is 291 g/mol. The van der Waals surface area contributed by atoms with E-state index in [1.807, 2.05) is 17.0 Å². The molecule has 5 heteroatoms. The van der Waals surface area contributed by atoms with Crippen molar-refractivity contribution < 1.29 is 9.18 Å². The van der Waals surface area contributed by atoms with Crippen molar-refractivity contribution in [1.29, 1.82) is 0 Å². The van der Waals surface area contributed by atoms with Gasteiger partial charge < -0.3 is 15.1 Å². The van der Waals surface area contributed by atoms with Gasteiger partial charge in [0.15, 0.2) is 0 Å². The number of para-hydroxylation sites is 1. The van der Waals surface area contributed by atoms with E-state index < -0.39 is 0 Å². The minimum absolute atomic E-state index is 0.0971. The van der Waals surface area contributed by atoms with Gasteiger partial charge in [-0.05, 0) is 18.1 Å². The Morgan fingerprint density at radius 2 is 1.90 bits per heavy atom. The number of halogens is 1. The van der Waals surface area contributed by atoms with E-state index >= 15 is 0 Å². The van der Waals surface area contributed by atoms with E-state index in [-0.39, 0.29) is 11.8 Å². The van der Waals surface area contributed by atoms with Crippen LogP contribution in [0.1, 0.15) is 13.8 Å². The first kappa shape index (κ1) is 15.4. The van der Waals surface area contributed by atoms with Crippen LogP contribution in [0.5, 0.6) is 0 Å². The molecule has 114 valence electrons. The van der Waals surface area contributed by atoms with Crippen LogP contribution in [0.3, 0.4) is 0 Å². The predicted molar refractivity (Wildman–Crippen MR) is 82.7 cm³/mol. The minimum atomic E-state index is -0.213. The first-order valence-corrected chi connectivity index (χ1v) is 7.29. The lowest BCUT2D eigenvalue weighted by Gasteiger charge is -2.35. The molecule has 1 aromatic carbocycles. The fraction of sp³-hybridized carbons (Fsp3) is 0.438. The number of carbonyl (C=O) groups is 1. The molecule has 1 aliphatic heterocycles. The SMILES string of the molecule is CC(C)/C=C/NC(=O)N1CCN(c2ccccc2F)CC1. The van der Waals surface area contributed by atoms with Gasteiger partial charge in [0.1, 0.15) is 5.82 Å². The van der Waals surface area contributed by atoms with Gasteiger partial charge in [0.25, 0.3) is 0 Å². The molecule has 1 N–H and O–H groups in total. The number of allylic oxidation sites excluding steroid dienone is 1. The first-order chi connectivity index (χ1) is 10.1. The fourth-order valence-electron chi connectivity index (χ4n) is 2.26. The summed E-state index contributed by atoms with van der Waals surface area (Å²) < 4.78 is 13.7. The second-order valence-electron chi connectivity index (χ2n) is 5.48. The van der Waals surface area contributed by atoms with E-state index in [1.165, 1.54) is 6.07 Å². The third-order valence-electron chi connectivity index (χ3n) is 3.45. The van der Waals surface area contributed by atoms with E-state index in [2.05, 4.69) is 19.2 Å². The number of piperazine rings is 1. The molecule has 1 saturated heterocycles. The second kappa shape index (κ2) is 7.11. The van der Waals surface area contributed by atoms with Gasteiger partial charge in [0, 0.05) is 32.4 Å². The summed E-state index contributed by atoms with van der Waals surface area (Å²) in [5.74, 6) is 0.193. The Bertz CT molecular complexity index is 508. The molecule has 0 saturated carbocycles. The van der Waals surface area contributed by atoms with Crippen molar-refractivity contribution in [1.82, 2.24) is 10.2 Å². The molecule has 2 rings (SSSR count). The van der Waals surface area contributed by atoms with Crippen LogP contribution < -0.4 is 10.2 Å². The molecule has 1 aliphatic rings. The quantitative estimate of drug-likeness (QED) is 0.929. The lowest BCUT2D eigenvalue weighted by atomic mass is 10.2. The molecule has 0 aromatic heterocycles. The Kier molecular flexibility index (Phi) is 5.20. The molecule has 4 nitrogen and oxygen atoms in total. The van der Waals surface area contributed by atoms with Gasteiger partial charge >= 0.3 is 6.03 Å². The smallest absolute Gasteiger partial charge is 0.321 e. The number of anilines is 1. The van der Waals surface area contributed by atoms with Crippen molar-refractivity contribution in [2.75, 3.05) is 31.1 Å². The van der Waals surface area contributed by atoms with E-state index in [1.54, 1.807) is 23.2 Å². The molecule has 0 radical (unpaired) electrons. The largest absolute Gasteiger partial charge is 0.366 e. The van der Waals surface area contributed by atoms with Crippen molar-refractivity contribution in [3.05, 3.63) is 42.4 Å². The molecule has 0 aliphatic carbocycles. The summed E-state index contributed by atoms with van der Waals surface area (Å²) in [4.78, 5) is 15.7. The standard InChI is InChI=1S/C16H22FN3O/c1-13(2)7-8-18-16(21)20-11-9-19(10-12-20)15-6-4-3-5-14(15)17/h3-8,13H,9-12H2,1-2H3,(H,18,21)/b8-7+. The Morgan fingerprint density at radius 3 is 2.52 bits per heavy atom. The lowest BCUT2D eigenvalue weighted by molar-refractivity contribution is 0.198. The maximum atomic E-state index is 13.7. The van der Waals surface area contributed by atoms with Crippen LogP contribution in [0.25, 0.3) is 0 Å². The Labute approximate surface area is 125 Å². The Balaban J connectivity index is 1.86. The highest BCUT2D eigenvalue weighted by atomic mass is 19.1. The summed E-state index contributed by atoms with van der Waals surface area (Å²) >= 11 is 0. The summed E-state index contributed by atoms with van der Waals surface area (Å²) in [6, 6.07) is 6.65. The monoisotopic (exact) mass is 291 g/mol. The van der Waals surface area contributed by atoms with Crippen molar-refractivity contribution >= 4 is 11.7 Å². The zero-order chi connectivity index (χ0) is 15.2. The summed E-state index contributed by atoms with van der Waals surface area (Å²) in [5.41, 5.74) is 0.609. The molecule has 0 spiro atoms. The zero-order valence-corrected chi connectivity index (χ0v) is 12.6. The van der Waals surface area contributed by atoms with Crippen LogP contribution in [0.15, 0.2) is 36.5 Å². The van der Waals surface area contributed by atoms with Crippen molar-refractivity contribution in [2.45, 2.75) is 13.8 Å². The lowest BCUT2D eigenvalue weighted by Crippen LogP contribution is -2.51. The van der Waals surface area contributed by atoms with Crippen LogP contribution in [-0.4, -0.2) is 37.1 Å². The highest BCUT2D eigenvalue weighted by Gasteiger charge is 2.21. The Hall–Kier alpha value is -2.04. The molecule has 21 heavy (non-hydrogen) atoms. The summed E-state index contributed by atoms with van der Waals surface area (Å²) in [7, 11) is 0. The Morgan fingerprint density at radius 1 is 1.24 bits per heavy atom. The third-order valence-corrected chi connectivity index (χ3v) is 3.45. The zero-order valence-electron chi connectivity index (χ0n) is 12.6. The molecule has 0 bridgehead atoms. The van der Waals surface area contributed by atoms with Gasteiger partial charge in [0.05, 0.1) is 5.69 Å². The normalized spacial score (nSPS) is 15.8. The maximum Gasteiger partial charge on any atom is 0.321 e. The fourth-order valence-corrected chi connectivity index (χ4v) is 2.26. The number of hydrogen-bond donors (Lipinski definition) is 1. The van der Waals surface area contributed by atoms with E-state index in [4.69, 9.17) is 0 Å². The number of nitrogens with zero attached hydrogens (tertiary/aromatic N) is 2. The van der Waals surface area contributed by atoms with Crippen LogP contribution >= 0.6 is 0 Å². The number of hydrogen-bond acceptors (Lipinski definition) is 2. The highest BCUT2D eigenvalue weighted by Crippen LogP contribution is 2.20. The van der Waals surface area contributed by atoms with E-state index in [9.17, 15) is 9.18 Å². The third kappa shape index (κ3) is 4.21. The predicted octanol–water partition coefficient (Wildman–Crippen LogP) is 2.83. The minimum Gasteiger partial charge on any atom is -0.366 e. The molecule has 2 amide bonds. The van der Waals surface area contributed by atoms with Gasteiger partial charge in [-0.2, -0.15) is 0 Å². The van der Waals surface area contributed by atoms with Gasteiger partial charge in [-0.15, -0.1) is 0 Å². The van der Waals surface area contributed by atoms with Crippen LogP contribution in [0.2, 0.25) is 0 Å². The average Bonchev–Trinajstić information content (AvgIpc) is 2.47. The summed E-state index contributed by atoms with van der Waals surface area (Å²) in [6.45, 7) is 6.57. The number of urea groups is 1. The van der Waals surface area contributed by atoms with Crippen molar-refractivity contribution in [3.63, 3.8) is 0 Å². The number of amides is 2. The number of benzene rings is 1. The molecule has 1 aromatic rings. The highest BCUT2D eigenvalue weighted by molar-refractivity contribution is 5.75. The van der Waals surface area contributed by atoms with Crippen LogP contribution in [-0.2, 0) is 0 Å². The molecular weight excluding hydrogens is 269 g/mol. The summed E-state index contributed by atoms with van der Waals surface area (Å²) in [5, 5.41) is 2.76. The molecule has 1 heterocycles. The van der Waals surface area contributed by atoms with Crippen LogP contribution in [0.4, 0.5) is 14.9 Å². The van der Waals surface area contributed by atoms with Crippen molar-refractivity contribution in [3.8, 4) is 0 Å². The van der Waals surface area contributed by atoms with Gasteiger partial charge in [-0.3, -0.25) is 0 Å². The molecule has 1 fully saturated rings. The molecule has 0 unspecified atom stereocenters.